The van der Waals surface area contributed by atoms with Crippen LogP contribution < -0.4 is 5.73 Å². The third kappa shape index (κ3) is 2.05. The van der Waals surface area contributed by atoms with Crippen LogP contribution in [0.25, 0.3) is 10.9 Å². The molecule has 0 radical (unpaired) electrons. The first-order valence-corrected chi connectivity index (χ1v) is 6.86. The van der Waals surface area contributed by atoms with Gasteiger partial charge in [-0.3, -0.25) is 0 Å². The van der Waals surface area contributed by atoms with Gasteiger partial charge in [-0.1, -0.05) is 13.0 Å². The van der Waals surface area contributed by atoms with Crippen molar-refractivity contribution in [2.45, 2.75) is 26.1 Å². The summed E-state index contributed by atoms with van der Waals surface area (Å²) >= 11 is 1.96. The van der Waals surface area contributed by atoms with E-state index >= 15 is 0 Å². The van der Waals surface area contributed by atoms with E-state index in [0.717, 1.165) is 23.7 Å². The standard InChI is InChI=1S/C13H18N2S/c1-3-15-8-10(9-16-4-2)12-6-5-11(14)7-13(12)15/h5-8H,3-4,9,14H2,1-2H3. The number of nitrogen functional groups attached to an aromatic ring is 1. The van der Waals surface area contributed by atoms with Crippen molar-refractivity contribution in [1.82, 2.24) is 4.57 Å². The normalized spacial score (nSPS) is 11.1. The van der Waals surface area contributed by atoms with Crippen LogP contribution in [0.2, 0.25) is 0 Å². The van der Waals surface area contributed by atoms with Crippen molar-refractivity contribution >= 4 is 28.4 Å². The quantitative estimate of drug-likeness (QED) is 0.821. The summed E-state index contributed by atoms with van der Waals surface area (Å²) in [6.45, 7) is 5.36. The van der Waals surface area contributed by atoms with Crippen molar-refractivity contribution in [3.05, 3.63) is 30.0 Å². The van der Waals surface area contributed by atoms with Gasteiger partial charge in [0.25, 0.3) is 0 Å². The van der Waals surface area contributed by atoms with Gasteiger partial charge in [-0.2, -0.15) is 11.8 Å². The average molecular weight is 234 g/mol. The van der Waals surface area contributed by atoms with E-state index in [1.54, 1.807) is 0 Å². The second-order valence-electron chi connectivity index (χ2n) is 3.85. The lowest BCUT2D eigenvalue weighted by molar-refractivity contribution is 0.795. The van der Waals surface area contributed by atoms with E-state index in [1.165, 1.54) is 16.5 Å². The molecule has 2 N–H and O–H groups in total. The zero-order valence-electron chi connectivity index (χ0n) is 9.86. The van der Waals surface area contributed by atoms with E-state index in [1.807, 2.05) is 17.8 Å². The highest BCUT2D eigenvalue weighted by Crippen LogP contribution is 2.26. The topological polar surface area (TPSA) is 30.9 Å². The summed E-state index contributed by atoms with van der Waals surface area (Å²) < 4.78 is 2.28. The number of anilines is 1. The molecule has 0 saturated heterocycles. The second kappa shape index (κ2) is 4.83. The van der Waals surface area contributed by atoms with E-state index in [-0.39, 0.29) is 0 Å². The van der Waals surface area contributed by atoms with E-state index in [0.29, 0.717) is 0 Å². The molecule has 0 aliphatic rings. The van der Waals surface area contributed by atoms with Crippen LogP contribution >= 0.6 is 11.8 Å². The lowest BCUT2D eigenvalue weighted by atomic mass is 10.2. The molecule has 0 aliphatic carbocycles. The predicted molar refractivity (Wildman–Crippen MR) is 73.9 cm³/mol. The highest BCUT2D eigenvalue weighted by atomic mass is 32.2. The summed E-state index contributed by atoms with van der Waals surface area (Å²) in [5, 5.41) is 1.34. The highest BCUT2D eigenvalue weighted by molar-refractivity contribution is 7.98. The van der Waals surface area contributed by atoms with Gasteiger partial charge in [-0.05, 0) is 30.4 Å². The Kier molecular flexibility index (Phi) is 3.44. The largest absolute Gasteiger partial charge is 0.399 e. The fourth-order valence-corrected chi connectivity index (χ4v) is 2.63. The number of aryl methyl sites for hydroxylation is 1. The first-order valence-electron chi connectivity index (χ1n) is 5.71. The Bertz CT molecular complexity index is 488. The summed E-state index contributed by atoms with van der Waals surface area (Å²) in [5.41, 5.74) is 9.36. The van der Waals surface area contributed by atoms with Crippen molar-refractivity contribution in [2.75, 3.05) is 11.5 Å². The highest BCUT2D eigenvalue weighted by Gasteiger charge is 2.07. The van der Waals surface area contributed by atoms with E-state index < -0.39 is 0 Å². The summed E-state index contributed by atoms with van der Waals surface area (Å²) in [5.74, 6) is 2.25. The molecule has 86 valence electrons. The van der Waals surface area contributed by atoms with Crippen LogP contribution in [0.1, 0.15) is 19.4 Å². The number of fused-ring (bicyclic) bond motifs is 1. The molecule has 2 aromatic rings. The van der Waals surface area contributed by atoms with Gasteiger partial charge in [0.1, 0.15) is 0 Å². The zero-order valence-corrected chi connectivity index (χ0v) is 10.7. The van der Waals surface area contributed by atoms with Gasteiger partial charge >= 0.3 is 0 Å². The summed E-state index contributed by atoms with van der Waals surface area (Å²) in [4.78, 5) is 0. The van der Waals surface area contributed by atoms with Gasteiger partial charge in [0.15, 0.2) is 0 Å². The van der Waals surface area contributed by atoms with Crippen molar-refractivity contribution in [1.29, 1.82) is 0 Å². The molecule has 0 spiro atoms. The Hall–Kier alpha value is -1.09. The Balaban J connectivity index is 2.50. The minimum absolute atomic E-state index is 0.843. The molecule has 0 amide bonds. The predicted octanol–water partition coefficient (Wildman–Crippen LogP) is 3.50. The molecule has 1 heterocycles. The summed E-state index contributed by atoms with van der Waals surface area (Å²) in [6, 6.07) is 6.20. The molecule has 1 aromatic carbocycles. The third-order valence-corrected chi connectivity index (χ3v) is 3.71. The number of benzene rings is 1. The average Bonchev–Trinajstić information content (AvgIpc) is 2.63. The molecule has 16 heavy (non-hydrogen) atoms. The number of thioether (sulfide) groups is 1. The molecule has 0 fully saturated rings. The van der Waals surface area contributed by atoms with E-state index in [2.05, 4.69) is 36.7 Å². The van der Waals surface area contributed by atoms with Crippen LogP contribution in [0.15, 0.2) is 24.4 Å². The fraction of sp³-hybridized carbons (Fsp3) is 0.385. The SMILES string of the molecule is CCSCc1cn(CC)c2cc(N)ccc12. The first kappa shape index (κ1) is 11.4. The second-order valence-corrected chi connectivity index (χ2v) is 5.13. The van der Waals surface area contributed by atoms with Crippen LogP contribution in [0.3, 0.4) is 0 Å². The number of rotatable bonds is 4. The van der Waals surface area contributed by atoms with Crippen molar-refractivity contribution in [2.24, 2.45) is 0 Å². The number of nitrogens with two attached hydrogens (primary N) is 1. The van der Waals surface area contributed by atoms with Crippen LogP contribution in [0, 0.1) is 0 Å². The molecule has 0 atom stereocenters. The zero-order chi connectivity index (χ0) is 11.5. The van der Waals surface area contributed by atoms with Crippen LogP contribution in [0.5, 0.6) is 0 Å². The van der Waals surface area contributed by atoms with Crippen LogP contribution in [0.4, 0.5) is 5.69 Å². The van der Waals surface area contributed by atoms with Gasteiger partial charge in [0, 0.05) is 29.6 Å². The maximum atomic E-state index is 5.84. The lowest BCUT2D eigenvalue weighted by Gasteiger charge is -2.00. The smallest absolute Gasteiger partial charge is 0.0504 e. The number of hydrogen-bond donors (Lipinski definition) is 1. The third-order valence-electron chi connectivity index (χ3n) is 2.79. The van der Waals surface area contributed by atoms with E-state index in [9.17, 15) is 0 Å². The van der Waals surface area contributed by atoms with Gasteiger partial charge < -0.3 is 10.3 Å². The maximum absolute atomic E-state index is 5.84. The monoisotopic (exact) mass is 234 g/mol. The first-order chi connectivity index (χ1) is 7.76. The minimum atomic E-state index is 0.843. The molecule has 2 nitrogen and oxygen atoms in total. The van der Waals surface area contributed by atoms with Crippen LogP contribution in [-0.4, -0.2) is 10.3 Å². The van der Waals surface area contributed by atoms with Gasteiger partial charge in [0.05, 0.1) is 5.52 Å². The van der Waals surface area contributed by atoms with Gasteiger partial charge in [0.2, 0.25) is 0 Å². The lowest BCUT2D eigenvalue weighted by Crippen LogP contribution is -1.91. The molecule has 3 heteroatoms. The molecular weight excluding hydrogens is 216 g/mol. The van der Waals surface area contributed by atoms with Gasteiger partial charge in [-0.25, -0.2) is 0 Å². The van der Waals surface area contributed by atoms with Crippen molar-refractivity contribution < 1.29 is 0 Å². The molecule has 1 aromatic heterocycles. The molecule has 0 aliphatic heterocycles. The fourth-order valence-electron chi connectivity index (χ4n) is 1.97. The molecule has 0 saturated carbocycles. The van der Waals surface area contributed by atoms with Crippen LogP contribution in [-0.2, 0) is 12.3 Å². The number of aromatic nitrogens is 1. The molecule has 0 unspecified atom stereocenters. The minimum Gasteiger partial charge on any atom is -0.399 e. The van der Waals surface area contributed by atoms with Gasteiger partial charge in [-0.15, -0.1) is 0 Å². The molecule has 0 bridgehead atoms. The Morgan fingerprint density at radius 1 is 1.31 bits per heavy atom. The Labute approximate surface area is 101 Å². The summed E-state index contributed by atoms with van der Waals surface area (Å²) in [7, 11) is 0. The number of nitrogens with zero attached hydrogens (tertiary/aromatic N) is 1. The van der Waals surface area contributed by atoms with Crippen molar-refractivity contribution in [3.63, 3.8) is 0 Å². The number of hydrogen-bond acceptors (Lipinski definition) is 2. The van der Waals surface area contributed by atoms with E-state index in [4.69, 9.17) is 5.73 Å². The molecular formula is C13H18N2S. The Morgan fingerprint density at radius 3 is 2.81 bits per heavy atom. The molecule has 2 rings (SSSR count). The Morgan fingerprint density at radius 2 is 2.12 bits per heavy atom. The van der Waals surface area contributed by atoms with Crippen molar-refractivity contribution in [3.8, 4) is 0 Å². The maximum Gasteiger partial charge on any atom is 0.0504 e. The summed E-state index contributed by atoms with van der Waals surface area (Å²) in [6.07, 6.45) is 2.26.